The maximum atomic E-state index is 13.2. The Hall–Kier alpha value is -3.00. The smallest absolute Gasteiger partial charge is 0.408 e. The monoisotopic (exact) mass is 468 g/mol. The Kier molecular flexibility index (Phi) is 6.93. The second-order valence-corrected chi connectivity index (χ2v) is 9.49. The minimum atomic E-state index is -1.09. The van der Waals surface area contributed by atoms with Crippen LogP contribution in [0.2, 0.25) is 0 Å². The Morgan fingerprint density at radius 2 is 1.70 bits per heavy atom. The standard InChI is InChI=1S/C25H28N2O5S/c1-33-14-13-27(15-22(28)29)23(30)25(11-6-12-25)26-24(31)32-16-21-19-9-4-2-7-17(19)18-8-3-5-10-20(18)21/h2-5,7-10,21H,6,11-16H2,1H3,(H,26,31)(H,28,29). The van der Waals surface area contributed by atoms with Gasteiger partial charge in [0.25, 0.3) is 0 Å². The van der Waals surface area contributed by atoms with Gasteiger partial charge in [-0.1, -0.05) is 48.5 Å². The number of carbonyl (C=O) groups is 3. The summed E-state index contributed by atoms with van der Waals surface area (Å²) >= 11 is 1.54. The second kappa shape index (κ2) is 9.87. The van der Waals surface area contributed by atoms with E-state index in [1.165, 1.54) is 16.7 Å². The van der Waals surface area contributed by atoms with Gasteiger partial charge in [-0.15, -0.1) is 0 Å². The van der Waals surface area contributed by atoms with Crippen molar-refractivity contribution >= 4 is 29.7 Å². The van der Waals surface area contributed by atoms with E-state index in [-0.39, 0.29) is 25.0 Å². The van der Waals surface area contributed by atoms with Crippen molar-refractivity contribution in [1.29, 1.82) is 0 Å². The summed E-state index contributed by atoms with van der Waals surface area (Å²) in [4.78, 5) is 38.6. The van der Waals surface area contributed by atoms with Crippen LogP contribution in [0.5, 0.6) is 0 Å². The number of amides is 2. The minimum absolute atomic E-state index is 0.0683. The van der Waals surface area contributed by atoms with Gasteiger partial charge in [-0.2, -0.15) is 11.8 Å². The van der Waals surface area contributed by atoms with Crippen molar-refractivity contribution in [3.8, 4) is 11.1 Å². The number of nitrogens with zero attached hydrogens (tertiary/aromatic N) is 1. The third-order valence-electron chi connectivity index (χ3n) is 6.48. The summed E-state index contributed by atoms with van der Waals surface area (Å²) in [5.74, 6) is -0.861. The van der Waals surface area contributed by atoms with E-state index in [1.807, 2.05) is 42.7 Å². The third-order valence-corrected chi connectivity index (χ3v) is 7.07. The fraction of sp³-hybridized carbons (Fsp3) is 0.400. The molecule has 1 saturated carbocycles. The van der Waals surface area contributed by atoms with Crippen molar-refractivity contribution in [3.63, 3.8) is 0 Å². The zero-order chi connectivity index (χ0) is 23.4. The van der Waals surface area contributed by atoms with Gasteiger partial charge in [-0.05, 0) is 47.8 Å². The number of hydrogen-bond acceptors (Lipinski definition) is 5. The van der Waals surface area contributed by atoms with Crippen LogP contribution in [-0.4, -0.2) is 65.2 Å². The number of aliphatic carboxylic acids is 1. The lowest BCUT2D eigenvalue weighted by atomic mass is 9.75. The molecule has 0 unspecified atom stereocenters. The molecule has 2 amide bonds. The van der Waals surface area contributed by atoms with Crippen LogP contribution in [0.25, 0.3) is 11.1 Å². The number of benzene rings is 2. The number of carbonyl (C=O) groups excluding carboxylic acids is 2. The van der Waals surface area contributed by atoms with E-state index in [4.69, 9.17) is 4.74 Å². The third kappa shape index (κ3) is 4.71. The average Bonchev–Trinajstić information content (AvgIpc) is 3.11. The highest BCUT2D eigenvalue weighted by Gasteiger charge is 2.48. The highest BCUT2D eigenvalue weighted by Crippen LogP contribution is 2.44. The van der Waals surface area contributed by atoms with Crippen molar-refractivity contribution in [2.45, 2.75) is 30.7 Å². The van der Waals surface area contributed by atoms with E-state index in [0.717, 1.165) is 28.7 Å². The molecule has 33 heavy (non-hydrogen) atoms. The molecule has 1 fully saturated rings. The Labute approximate surface area is 197 Å². The summed E-state index contributed by atoms with van der Waals surface area (Å²) in [6, 6.07) is 16.2. The van der Waals surface area contributed by atoms with E-state index < -0.39 is 17.6 Å². The first-order chi connectivity index (χ1) is 15.9. The van der Waals surface area contributed by atoms with Gasteiger partial charge in [-0.25, -0.2) is 4.79 Å². The average molecular weight is 469 g/mol. The molecule has 2 aliphatic rings. The van der Waals surface area contributed by atoms with Gasteiger partial charge < -0.3 is 20.1 Å². The first kappa shape index (κ1) is 23.2. The molecular weight excluding hydrogens is 440 g/mol. The van der Waals surface area contributed by atoms with Crippen molar-refractivity contribution in [3.05, 3.63) is 59.7 Å². The molecular formula is C25H28N2O5S. The predicted molar refractivity (Wildman–Crippen MR) is 127 cm³/mol. The quantitative estimate of drug-likeness (QED) is 0.582. The molecule has 0 radical (unpaired) electrons. The zero-order valence-corrected chi connectivity index (χ0v) is 19.4. The van der Waals surface area contributed by atoms with Crippen LogP contribution in [0.1, 0.15) is 36.3 Å². The van der Waals surface area contributed by atoms with E-state index >= 15 is 0 Å². The van der Waals surface area contributed by atoms with Gasteiger partial charge in [0, 0.05) is 18.2 Å². The number of nitrogens with one attached hydrogen (secondary N) is 1. The molecule has 0 aromatic heterocycles. The summed E-state index contributed by atoms with van der Waals surface area (Å²) in [5, 5.41) is 12.0. The maximum Gasteiger partial charge on any atom is 0.408 e. The van der Waals surface area contributed by atoms with Crippen LogP contribution in [0.15, 0.2) is 48.5 Å². The van der Waals surface area contributed by atoms with Crippen molar-refractivity contribution < 1.29 is 24.2 Å². The number of carboxylic acids is 1. The molecule has 2 N–H and O–H groups in total. The fourth-order valence-electron chi connectivity index (χ4n) is 4.67. The van der Waals surface area contributed by atoms with Crippen molar-refractivity contribution in [2.24, 2.45) is 0 Å². The van der Waals surface area contributed by atoms with Gasteiger partial charge in [0.2, 0.25) is 5.91 Å². The number of hydrogen-bond donors (Lipinski definition) is 2. The largest absolute Gasteiger partial charge is 0.480 e. The van der Waals surface area contributed by atoms with Crippen LogP contribution in [0.4, 0.5) is 4.79 Å². The number of rotatable bonds is 9. The molecule has 0 saturated heterocycles. The van der Waals surface area contributed by atoms with Crippen LogP contribution in [-0.2, 0) is 14.3 Å². The molecule has 0 bridgehead atoms. The number of carboxylic acid groups (broad SMARTS) is 1. The van der Waals surface area contributed by atoms with Crippen molar-refractivity contribution in [2.75, 3.05) is 31.7 Å². The van der Waals surface area contributed by atoms with Gasteiger partial charge in [-0.3, -0.25) is 9.59 Å². The van der Waals surface area contributed by atoms with Gasteiger partial charge >= 0.3 is 12.1 Å². The second-order valence-electron chi connectivity index (χ2n) is 8.50. The molecule has 2 aromatic carbocycles. The Balaban J connectivity index is 1.44. The first-order valence-corrected chi connectivity index (χ1v) is 12.5. The van der Waals surface area contributed by atoms with E-state index in [1.54, 1.807) is 0 Å². The summed E-state index contributed by atoms with van der Waals surface area (Å²) in [6.07, 6.45) is 3.00. The molecule has 7 nitrogen and oxygen atoms in total. The lowest BCUT2D eigenvalue weighted by molar-refractivity contribution is -0.149. The number of alkyl carbamates (subject to hydrolysis) is 1. The molecule has 0 aliphatic heterocycles. The van der Waals surface area contributed by atoms with Crippen LogP contribution in [0, 0.1) is 0 Å². The molecule has 2 aliphatic carbocycles. The summed E-state index contributed by atoms with van der Waals surface area (Å²) in [7, 11) is 0. The first-order valence-electron chi connectivity index (χ1n) is 11.1. The van der Waals surface area contributed by atoms with Crippen molar-refractivity contribution in [1.82, 2.24) is 10.2 Å². The predicted octanol–water partition coefficient (Wildman–Crippen LogP) is 3.72. The highest BCUT2D eigenvalue weighted by molar-refractivity contribution is 7.98. The van der Waals surface area contributed by atoms with E-state index in [0.29, 0.717) is 25.1 Å². The topological polar surface area (TPSA) is 95.9 Å². The van der Waals surface area contributed by atoms with Crippen LogP contribution in [0.3, 0.4) is 0 Å². The zero-order valence-electron chi connectivity index (χ0n) is 18.6. The number of fused-ring (bicyclic) bond motifs is 3. The fourth-order valence-corrected chi connectivity index (χ4v) is 5.08. The molecule has 0 atom stereocenters. The summed E-state index contributed by atoms with van der Waals surface area (Å²) in [6.45, 7) is 0.101. The van der Waals surface area contributed by atoms with Crippen LogP contribution >= 0.6 is 11.8 Å². The Morgan fingerprint density at radius 1 is 1.09 bits per heavy atom. The Morgan fingerprint density at radius 3 is 2.21 bits per heavy atom. The number of ether oxygens (including phenoxy) is 1. The SMILES string of the molecule is CSCCN(CC(=O)O)C(=O)C1(NC(=O)OCC2c3ccccc3-c3ccccc32)CCC1. The maximum absolute atomic E-state index is 13.2. The lowest BCUT2D eigenvalue weighted by Gasteiger charge is -2.43. The van der Waals surface area contributed by atoms with E-state index in [9.17, 15) is 19.5 Å². The molecule has 8 heteroatoms. The van der Waals surface area contributed by atoms with Crippen LogP contribution < -0.4 is 5.32 Å². The molecule has 174 valence electrons. The molecule has 4 rings (SSSR count). The highest BCUT2D eigenvalue weighted by atomic mass is 32.2. The molecule has 0 spiro atoms. The van der Waals surface area contributed by atoms with Gasteiger partial charge in [0.1, 0.15) is 18.7 Å². The summed E-state index contributed by atoms with van der Waals surface area (Å²) in [5.41, 5.74) is 3.43. The van der Waals surface area contributed by atoms with E-state index in [2.05, 4.69) is 17.4 Å². The van der Waals surface area contributed by atoms with Gasteiger partial charge in [0.05, 0.1) is 0 Å². The normalized spacial score (nSPS) is 15.7. The lowest BCUT2D eigenvalue weighted by Crippen LogP contribution is -2.64. The minimum Gasteiger partial charge on any atom is -0.480 e. The summed E-state index contributed by atoms with van der Waals surface area (Å²) < 4.78 is 5.62. The molecule has 0 heterocycles. The van der Waals surface area contributed by atoms with Gasteiger partial charge in [0.15, 0.2) is 0 Å². The Bertz CT molecular complexity index is 1010. The number of thioether (sulfide) groups is 1. The molecule has 2 aromatic rings.